The van der Waals surface area contributed by atoms with Crippen molar-refractivity contribution in [3.8, 4) is 5.69 Å². The van der Waals surface area contributed by atoms with Gasteiger partial charge in [0.25, 0.3) is 0 Å². The summed E-state index contributed by atoms with van der Waals surface area (Å²) in [6, 6.07) is 10.2. The minimum absolute atomic E-state index is 0.774. The molecule has 2 aromatic rings. The Balaban J connectivity index is 1.47. The number of hydrogen-bond acceptors (Lipinski definition) is 2. The second-order valence-corrected chi connectivity index (χ2v) is 7.58. The SMILES string of the molecule is CN=C(NCCc1cnn(-c2ccccc2)c1)N1CCC(CC(C)C)C1. The molecule has 5 heteroatoms. The maximum absolute atomic E-state index is 4.48. The zero-order valence-corrected chi connectivity index (χ0v) is 16.2. The van der Waals surface area contributed by atoms with Crippen LogP contribution in [0.5, 0.6) is 0 Å². The Bertz CT molecular complexity index is 704. The second kappa shape index (κ2) is 8.88. The second-order valence-electron chi connectivity index (χ2n) is 7.58. The monoisotopic (exact) mass is 353 g/mol. The van der Waals surface area contributed by atoms with Crippen molar-refractivity contribution in [3.05, 3.63) is 48.3 Å². The summed E-state index contributed by atoms with van der Waals surface area (Å²) in [4.78, 5) is 6.88. The molecule has 0 spiro atoms. The molecule has 1 aliphatic rings. The van der Waals surface area contributed by atoms with E-state index >= 15 is 0 Å². The quantitative estimate of drug-likeness (QED) is 0.640. The van der Waals surface area contributed by atoms with Crippen LogP contribution in [0.3, 0.4) is 0 Å². The largest absolute Gasteiger partial charge is 0.356 e. The van der Waals surface area contributed by atoms with Gasteiger partial charge in [0.1, 0.15) is 0 Å². The molecule has 1 unspecified atom stereocenters. The number of aliphatic imine (C=N–C) groups is 1. The predicted molar refractivity (Wildman–Crippen MR) is 108 cm³/mol. The maximum atomic E-state index is 4.48. The topological polar surface area (TPSA) is 45.5 Å². The molecule has 1 atom stereocenters. The van der Waals surface area contributed by atoms with Gasteiger partial charge < -0.3 is 10.2 Å². The summed E-state index contributed by atoms with van der Waals surface area (Å²) < 4.78 is 1.93. The third-order valence-corrected chi connectivity index (χ3v) is 4.96. The molecular formula is C21H31N5. The van der Waals surface area contributed by atoms with E-state index in [4.69, 9.17) is 0 Å². The highest BCUT2D eigenvalue weighted by molar-refractivity contribution is 5.80. The van der Waals surface area contributed by atoms with Crippen LogP contribution in [0.1, 0.15) is 32.3 Å². The van der Waals surface area contributed by atoms with E-state index in [1.165, 1.54) is 18.4 Å². The van der Waals surface area contributed by atoms with Crippen molar-refractivity contribution in [2.75, 3.05) is 26.7 Å². The van der Waals surface area contributed by atoms with Gasteiger partial charge in [-0.1, -0.05) is 32.0 Å². The molecule has 1 fully saturated rings. The van der Waals surface area contributed by atoms with Crippen molar-refractivity contribution in [2.45, 2.75) is 33.1 Å². The highest BCUT2D eigenvalue weighted by Gasteiger charge is 2.25. The first-order valence-electron chi connectivity index (χ1n) is 9.70. The first kappa shape index (κ1) is 18.5. The fourth-order valence-electron chi connectivity index (χ4n) is 3.75. The lowest BCUT2D eigenvalue weighted by Crippen LogP contribution is -2.40. The smallest absolute Gasteiger partial charge is 0.193 e. The lowest BCUT2D eigenvalue weighted by Gasteiger charge is -2.22. The Kier molecular flexibility index (Phi) is 6.31. The standard InChI is InChI=1S/C21H31N5/c1-17(2)13-18-10-12-25(15-18)21(22-3)23-11-9-19-14-24-26(16-19)20-7-5-4-6-8-20/h4-8,14,16-18H,9-13,15H2,1-3H3,(H,22,23). The number of benzene rings is 1. The number of nitrogens with zero attached hydrogens (tertiary/aromatic N) is 4. The molecule has 2 heterocycles. The van der Waals surface area contributed by atoms with Gasteiger partial charge in [0.2, 0.25) is 0 Å². The lowest BCUT2D eigenvalue weighted by atomic mass is 9.97. The Morgan fingerprint density at radius 2 is 2.12 bits per heavy atom. The predicted octanol–water partition coefficient (Wildman–Crippen LogP) is 3.36. The zero-order chi connectivity index (χ0) is 18.4. The third-order valence-electron chi connectivity index (χ3n) is 4.96. The summed E-state index contributed by atoms with van der Waals surface area (Å²) in [6.45, 7) is 7.74. The van der Waals surface area contributed by atoms with E-state index in [1.807, 2.05) is 36.1 Å². The van der Waals surface area contributed by atoms with Gasteiger partial charge in [-0.05, 0) is 48.8 Å². The van der Waals surface area contributed by atoms with Crippen molar-refractivity contribution in [3.63, 3.8) is 0 Å². The number of aromatic nitrogens is 2. The van der Waals surface area contributed by atoms with Crippen molar-refractivity contribution in [1.29, 1.82) is 0 Å². The normalized spacial score (nSPS) is 17.9. The Morgan fingerprint density at radius 1 is 1.31 bits per heavy atom. The van der Waals surface area contributed by atoms with Crippen molar-refractivity contribution in [1.82, 2.24) is 20.0 Å². The summed E-state index contributed by atoms with van der Waals surface area (Å²) >= 11 is 0. The minimum atomic E-state index is 0.774. The zero-order valence-electron chi connectivity index (χ0n) is 16.2. The van der Waals surface area contributed by atoms with Crippen LogP contribution in [0, 0.1) is 11.8 Å². The van der Waals surface area contributed by atoms with Crippen molar-refractivity contribution >= 4 is 5.96 Å². The molecule has 0 aliphatic carbocycles. The molecule has 1 saturated heterocycles. The highest BCUT2D eigenvalue weighted by Crippen LogP contribution is 2.23. The van der Waals surface area contributed by atoms with E-state index in [2.05, 4.69) is 52.5 Å². The van der Waals surface area contributed by atoms with E-state index in [9.17, 15) is 0 Å². The average Bonchev–Trinajstić information content (AvgIpc) is 3.29. The molecular weight excluding hydrogens is 322 g/mol. The maximum Gasteiger partial charge on any atom is 0.193 e. The summed E-state index contributed by atoms with van der Waals surface area (Å²) in [5.74, 6) is 2.61. The lowest BCUT2D eigenvalue weighted by molar-refractivity contribution is 0.404. The molecule has 5 nitrogen and oxygen atoms in total. The van der Waals surface area contributed by atoms with E-state index in [1.54, 1.807) is 0 Å². The van der Waals surface area contributed by atoms with E-state index < -0.39 is 0 Å². The van der Waals surface area contributed by atoms with Gasteiger partial charge in [-0.3, -0.25) is 4.99 Å². The molecule has 1 aromatic heterocycles. The number of hydrogen-bond donors (Lipinski definition) is 1. The Morgan fingerprint density at radius 3 is 2.85 bits per heavy atom. The van der Waals surface area contributed by atoms with Crippen LogP contribution < -0.4 is 5.32 Å². The van der Waals surface area contributed by atoms with Gasteiger partial charge in [-0.2, -0.15) is 5.10 Å². The van der Waals surface area contributed by atoms with Crippen molar-refractivity contribution < 1.29 is 0 Å². The molecule has 0 radical (unpaired) electrons. The molecule has 1 N–H and O–H groups in total. The molecule has 0 saturated carbocycles. The van der Waals surface area contributed by atoms with Crippen molar-refractivity contribution in [2.24, 2.45) is 16.8 Å². The third kappa shape index (κ3) is 4.87. The van der Waals surface area contributed by atoms with E-state index in [0.29, 0.717) is 0 Å². The van der Waals surface area contributed by atoms with Crippen LogP contribution in [0.2, 0.25) is 0 Å². The highest BCUT2D eigenvalue weighted by atomic mass is 15.3. The van der Waals surface area contributed by atoms with Crippen LogP contribution in [0.15, 0.2) is 47.7 Å². The van der Waals surface area contributed by atoms with Gasteiger partial charge in [-0.25, -0.2) is 4.68 Å². The van der Waals surface area contributed by atoms with Crippen LogP contribution in [0.25, 0.3) is 5.69 Å². The molecule has 26 heavy (non-hydrogen) atoms. The van der Waals surface area contributed by atoms with Gasteiger partial charge in [0, 0.05) is 32.9 Å². The summed E-state index contributed by atoms with van der Waals surface area (Å²) in [5, 5.41) is 7.99. The van der Waals surface area contributed by atoms with Gasteiger partial charge >= 0.3 is 0 Å². The number of guanidine groups is 1. The first-order valence-corrected chi connectivity index (χ1v) is 9.70. The van der Waals surface area contributed by atoms with Gasteiger partial charge in [0.05, 0.1) is 11.9 Å². The molecule has 3 rings (SSSR count). The summed E-state index contributed by atoms with van der Waals surface area (Å²) in [7, 11) is 1.88. The molecule has 140 valence electrons. The fraction of sp³-hybridized carbons (Fsp3) is 0.524. The molecule has 0 bridgehead atoms. The average molecular weight is 354 g/mol. The van der Waals surface area contributed by atoms with E-state index in [0.717, 1.165) is 49.5 Å². The van der Waals surface area contributed by atoms with Crippen LogP contribution in [-0.4, -0.2) is 47.3 Å². The van der Waals surface area contributed by atoms with Crippen LogP contribution in [0.4, 0.5) is 0 Å². The van der Waals surface area contributed by atoms with E-state index in [-0.39, 0.29) is 0 Å². The number of nitrogens with one attached hydrogen (secondary N) is 1. The number of likely N-dealkylation sites (tertiary alicyclic amines) is 1. The Hall–Kier alpha value is -2.30. The summed E-state index contributed by atoms with van der Waals surface area (Å²) in [5.41, 5.74) is 2.33. The Labute approximate surface area is 157 Å². The summed E-state index contributed by atoms with van der Waals surface area (Å²) in [6.07, 6.45) is 7.59. The molecule has 1 aromatic carbocycles. The van der Waals surface area contributed by atoms with Gasteiger partial charge in [0.15, 0.2) is 5.96 Å². The fourth-order valence-corrected chi connectivity index (χ4v) is 3.75. The molecule has 1 aliphatic heterocycles. The first-order chi connectivity index (χ1) is 12.7. The van der Waals surface area contributed by atoms with Crippen LogP contribution in [-0.2, 0) is 6.42 Å². The number of rotatable bonds is 6. The van der Waals surface area contributed by atoms with Gasteiger partial charge in [-0.15, -0.1) is 0 Å². The van der Waals surface area contributed by atoms with Crippen LogP contribution >= 0.6 is 0 Å². The molecule has 0 amide bonds. The number of para-hydroxylation sites is 1. The minimum Gasteiger partial charge on any atom is -0.356 e.